The van der Waals surface area contributed by atoms with E-state index in [2.05, 4.69) is 20.9 Å². The van der Waals surface area contributed by atoms with E-state index in [1.165, 1.54) is 6.07 Å². The number of aromatic nitrogens is 2. The van der Waals surface area contributed by atoms with Crippen molar-refractivity contribution in [1.29, 1.82) is 0 Å². The van der Waals surface area contributed by atoms with Crippen molar-refractivity contribution in [3.8, 4) is 11.3 Å². The maximum absolute atomic E-state index is 13.5. The predicted molar refractivity (Wildman–Crippen MR) is 101 cm³/mol. The average Bonchev–Trinajstić information content (AvgIpc) is 2.87. The highest BCUT2D eigenvalue weighted by molar-refractivity contribution is 9.10. The van der Waals surface area contributed by atoms with Crippen LogP contribution in [0.5, 0.6) is 0 Å². The lowest BCUT2D eigenvalue weighted by molar-refractivity contribution is -0.119. The van der Waals surface area contributed by atoms with Gasteiger partial charge in [-0.05, 0) is 36.2 Å². The third kappa shape index (κ3) is 3.93. The van der Waals surface area contributed by atoms with Gasteiger partial charge in [-0.15, -0.1) is 0 Å². The molecule has 0 amide bonds. The Balaban J connectivity index is 2.14. The SMILES string of the molecule is CC(C)CC(=O)Cc1c(-c2ccc(F)c(Cl)c2)nc2cc(Br)ccn12. The number of halogens is 3. The molecule has 0 radical (unpaired) electrons. The Bertz CT molecular complexity index is 952. The molecular formula is C19H17BrClFN2O. The monoisotopic (exact) mass is 422 g/mol. The zero-order valence-electron chi connectivity index (χ0n) is 13.9. The first-order chi connectivity index (χ1) is 11.8. The van der Waals surface area contributed by atoms with Gasteiger partial charge in [-0.25, -0.2) is 9.37 Å². The molecule has 2 heterocycles. The average molecular weight is 424 g/mol. The lowest BCUT2D eigenvalue weighted by Gasteiger charge is -2.07. The molecule has 0 aliphatic heterocycles. The van der Waals surface area contributed by atoms with Crippen LogP contribution in [0, 0.1) is 11.7 Å². The van der Waals surface area contributed by atoms with Crippen molar-refractivity contribution in [2.24, 2.45) is 5.92 Å². The third-order valence-electron chi connectivity index (χ3n) is 3.88. The molecule has 0 atom stereocenters. The number of nitrogens with zero attached hydrogens (tertiary/aromatic N) is 2. The number of imidazole rings is 1. The number of pyridine rings is 1. The van der Waals surface area contributed by atoms with E-state index in [1.54, 1.807) is 12.1 Å². The molecule has 3 aromatic rings. The maximum atomic E-state index is 13.5. The third-order valence-corrected chi connectivity index (χ3v) is 4.66. The first kappa shape index (κ1) is 18.1. The van der Waals surface area contributed by atoms with Gasteiger partial charge < -0.3 is 4.40 Å². The van der Waals surface area contributed by atoms with E-state index in [0.717, 1.165) is 15.8 Å². The standard InChI is InChI=1S/C19H17BrClFN2O/c1-11(2)7-14(25)10-17-19(12-3-4-16(22)15(21)8-12)23-18-9-13(20)5-6-24(17)18/h3-6,8-9,11H,7,10H2,1-2H3. The first-order valence-electron chi connectivity index (χ1n) is 7.98. The Morgan fingerprint density at radius 3 is 2.76 bits per heavy atom. The van der Waals surface area contributed by atoms with Gasteiger partial charge in [0.05, 0.1) is 16.4 Å². The summed E-state index contributed by atoms with van der Waals surface area (Å²) in [6.45, 7) is 4.04. The smallest absolute Gasteiger partial charge is 0.141 e. The van der Waals surface area contributed by atoms with E-state index < -0.39 is 5.82 Å². The molecule has 0 N–H and O–H groups in total. The highest BCUT2D eigenvalue weighted by Crippen LogP contribution is 2.29. The number of ketones is 1. The van der Waals surface area contributed by atoms with Crippen LogP contribution < -0.4 is 0 Å². The molecule has 3 rings (SSSR count). The van der Waals surface area contributed by atoms with Gasteiger partial charge in [-0.3, -0.25) is 4.79 Å². The minimum Gasteiger partial charge on any atom is -0.303 e. The van der Waals surface area contributed by atoms with Gasteiger partial charge in [0.25, 0.3) is 0 Å². The first-order valence-corrected chi connectivity index (χ1v) is 9.16. The van der Waals surface area contributed by atoms with Crippen molar-refractivity contribution in [2.75, 3.05) is 0 Å². The van der Waals surface area contributed by atoms with Crippen molar-refractivity contribution in [3.63, 3.8) is 0 Å². The van der Waals surface area contributed by atoms with Crippen molar-refractivity contribution in [2.45, 2.75) is 26.7 Å². The quantitative estimate of drug-likeness (QED) is 0.526. The van der Waals surface area contributed by atoms with E-state index >= 15 is 0 Å². The van der Waals surface area contributed by atoms with E-state index in [1.807, 2.05) is 36.6 Å². The van der Waals surface area contributed by atoms with Gasteiger partial charge in [-0.2, -0.15) is 0 Å². The summed E-state index contributed by atoms with van der Waals surface area (Å²) in [5, 5.41) is 0.0372. The Labute approximate surface area is 159 Å². The number of benzene rings is 1. The summed E-state index contributed by atoms with van der Waals surface area (Å²) in [4.78, 5) is 17.0. The Morgan fingerprint density at radius 2 is 2.08 bits per heavy atom. The minimum atomic E-state index is -0.477. The zero-order chi connectivity index (χ0) is 18.1. The summed E-state index contributed by atoms with van der Waals surface area (Å²) < 4.78 is 16.3. The van der Waals surface area contributed by atoms with Crippen LogP contribution in [0.3, 0.4) is 0 Å². The second-order valence-corrected chi connectivity index (χ2v) is 7.75. The molecule has 0 bridgehead atoms. The molecule has 3 nitrogen and oxygen atoms in total. The van der Waals surface area contributed by atoms with Gasteiger partial charge in [0, 0.05) is 29.1 Å². The van der Waals surface area contributed by atoms with E-state index in [4.69, 9.17) is 11.6 Å². The molecule has 6 heteroatoms. The molecule has 0 saturated heterocycles. The van der Waals surface area contributed by atoms with Crippen LogP contribution in [0.15, 0.2) is 41.0 Å². The van der Waals surface area contributed by atoms with Gasteiger partial charge in [0.15, 0.2) is 0 Å². The van der Waals surface area contributed by atoms with Crippen LogP contribution in [0.1, 0.15) is 26.0 Å². The van der Waals surface area contributed by atoms with E-state index in [-0.39, 0.29) is 17.2 Å². The van der Waals surface area contributed by atoms with E-state index in [0.29, 0.717) is 23.6 Å². The normalized spacial score (nSPS) is 11.4. The van der Waals surface area contributed by atoms with Crippen LogP contribution in [0.25, 0.3) is 16.9 Å². The molecule has 0 spiro atoms. The summed E-state index contributed by atoms with van der Waals surface area (Å²) in [6.07, 6.45) is 2.65. The second kappa shape index (κ2) is 7.26. The van der Waals surface area contributed by atoms with Crippen molar-refractivity contribution >= 4 is 39.0 Å². The fourth-order valence-corrected chi connectivity index (χ4v) is 3.33. The van der Waals surface area contributed by atoms with Gasteiger partial charge >= 0.3 is 0 Å². The Kier molecular flexibility index (Phi) is 5.25. The number of hydrogen-bond acceptors (Lipinski definition) is 2. The lowest BCUT2D eigenvalue weighted by atomic mass is 10.0. The van der Waals surface area contributed by atoms with Gasteiger partial charge in [0.2, 0.25) is 0 Å². The lowest BCUT2D eigenvalue weighted by Crippen LogP contribution is -2.09. The number of fused-ring (bicyclic) bond motifs is 1. The summed E-state index contributed by atoms with van der Waals surface area (Å²) in [7, 11) is 0. The van der Waals surface area contributed by atoms with Gasteiger partial charge in [-0.1, -0.05) is 41.4 Å². The number of carbonyl (C=O) groups excluding carboxylic acids is 1. The van der Waals surface area contributed by atoms with Crippen LogP contribution in [0.4, 0.5) is 4.39 Å². The van der Waals surface area contributed by atoms with Crippen LogP contribution >= 0.6 is 27.5 Å². The van der Waals surface area contributed by atoms with Crippen molar-refractivity contribution < 1.29 is 9.18 Å². The van der Waals surface area contributed by atoms with Gasteiger partial charge in [0.1, 0.15) is 17.2 Å². The molecule has 0 aliphatic carbocycles. The highest BCUT2D eigenvalue weighted by atomic mass is 79.9. The topological polar surface area (TPSA) is 34.4 Å². The summed E-state index contributed by atoms with van der Waals surface area (Å²) in [5.74, 6) is -0.0342. The number of rotatable bonds is 5. The molecule has 1 aromatic carbocycles. The zero-order valence-corrected chi connectivity index (χ0v) is 16.2. The molecule has 0 unspecified atom stereocenters. The largest absolute Gasteiger partial charge is 0.303 e. The van der Waals surface area contributed by atoms with Crippen molar-refractivity contribution in [3.05, 3.63) is 57.5 Å². The Hall–Kier alpha value is -1.72. The fourth-order valence-electron chi connectivity index (χ4n) is 2.83. The molecular weight excluding hydrogens is 407 g/mol. The van der Waals surface area contributed by atoms with Crippen LogP contribution in [-0.4, -0.2) is 15.2 Å². The molecule has 0 fully saturated rings. The Morgan fingerprint density at radius 1 is 1.32 bits per heavy atom. The van der Waals surface area contributed by atoms with Crippen LogP contribution in [-0.2, 0) is 11.2 Å². The fraction of sp³-hybridized carbons (Fsp3) is 0.263. The second-order valence-electron chi connectivity index (χ2n) is 6.42. The maximum Gasteiger partial charge on any atom is 0.141 e. The predicted octanol–water partition coefficient (Wildman–Crippen LogP) is 5.71. The summed E-state index contributed by atoms with van der Waals surface area (Å²) in [6, 6.07) is 8.27. The minimum absolute atomic E-state index is 0.0372. The highest BCUT2D eigenvalue weighted by Gasteiger charge is 2.18. The molecule has 0 saturated carbocycles. The summed E-state index contributed by atoms with van der Waals surface area (Å²) >= 11 is 9.37. The molecule has 2 aromatic heterocycles. The van der Waals surface area contributed by atoms with Crippen LogP contribution in [0.2, 0.25) is 5.02 Å². The number of Topliss-reactive ketones (excluding diaryl/α,β-unsaturated/α-hetero) is 1. The molecule has 25 heavy (non-hydrogen) atoms. The molecule has 0 aliphatic rings. The summed E-state index contributed by atoms with van der Waals surface area (Å²) in [5.41, 5.74) is 2.85. The molecule has 130 valence electrons. The van der Waals surface area contributed by atoms with E-state index in [9.17, 15) is 9.18 Å². The van der Waals surface area contributed by atoms with Crippen molar-refractivity contribution in [1.82, 2.24) is 9.38 Å². The number of hydrogen-bond donors (Lipinski definition) is 0. The number of carbonyl (C=O) groups is 1.